The SMILES string of the molecule is CCCOCCC(=O)NC(C(=O)NCC(=O)Nc1ccc(CC)cc1)C(C)C. The van der Waals surface area contributed by atoms with Gasteiger partial charge in [-0.05, 0) is 36.5 Å². The van der Waals surface area contributed by atoms with Crippen molar-refractivity contribution < 1.29 is 19.1 Å². The number of carbonyl (C=O) groups excluding carboxylic acids is 3. The molecule has 1 atom stereocenters. The van der Waals surface area contributed by atoms with Gasteiger partial charge < -0.3 is 20.7 Å². The number of hydrogen-bond acceptors (Lipinski definition) is 4. The molecule has 0 radical (unpaired) electrons. The highest BCUT2D eigenvalue weighted by Crippen LogP contribution is 2.09. The van der Waals surface area contributed by atoms with Crippen molar-refractivity contribution >= 4 is 23.4 Å². The number of rotatable bonds is 12. The standard InChI is InChI=1S/C21H33N3O4/c1-5-12-28-13-11-18(25)24-20(15(3)4)21(27)22-14-19(26)23-17-9-7-16(6-2)8-10-17/h7-10,15,20H,5-6,11-14H2,1-4H3,(H,22,27)(H,23,26)(H,24,25). The smallest absolute Gasteiger partial charge is 0.243 e. The van der Waals surface area contributed by atoms with Crippen LogP contribution in [0.3, 0.4) is 0 Å². The van der Waals surface area contributed by atoms with E-state index in [-0.39, 0.29) is 36.6 Å². The predicted octanol–water partition coefficient (Wildman–Crippen LogP) is 2.26. The molecule has 7 heteroatoms. The minimum atomic E-state index is -0.699. The van der Waals surface area contributed by atoms with Crippen LogP contribution in [0.25, 0.3) is 0 Å². The lowest BCUT2D eigenvalue weighted by Gasteiger charge is -2.21. The van der Waals surface area contributed by atoms with Crippen LogP contribution in [0.2, 0.25) is 0 Å². The van der Waals surface area contributed by atoms with Gasteiger partial charge in [-0.3, -0.25) is 14.4 Å². The third-order valence-corrected chi connectivity index (χ3v) is 4.16. The molecule has 3 amide bonds. The molecular formula is C21H33N3O4. The molecule has 0 fully saturated rings. The van der Waals surface area contributed by atoms with Crippen molar-refractivity contribution in [3.05, 3.63) is 29.8 Å². The van der Waals surface area contributed by atoms with E-state index < -0.39 is 6.04 Å². The molecule has 0 aliphatic rings. The van der Waals surface area contributed by atoms with Crippen molar-refractivity contribution in [2.24, 2.45) is 5.92 Å². The summed E-state index contributed by atoms with van der Waals surface area (Å²) >= 11 is 0. The second-order valence-electron chi connectivity index (χ2n) is 6.97. The summed E-state index contributed by atoms with van der Waals surface area (Å²) in [4.78, 5) is 36.5. The summed E-state index contributed by atoms with van der Waals surface area (Å²) in [5.74, 6) is -1.05. The number of hydrogen-bond donors (Lipinski definition) is 3. The zero-order valence-electron chi connectivity index (χ0n) is 17.3. The first-order valence-corrected chi connectivity index (χ1v) is 9.90. The van der Waals surface area contributed by atoms with Crippen LogP contribution < -0.4 is 16.0 Å². The van der Waals surface area contributed by atoms with Gasteiger partial charge in [0.25, 0.3) is 0 Å². The molecule has 0 saturated heterocycles. The molecule has 28 heavy (non-hydrogen) atoms. The van der Waals surface area contributed by atoms with Crippen molar-refractivity contribution in [1.29, 1.82) is 0 Å². The molecule has 0 aliphatic carbocycles. The highest BCUT2D eigenvalue weighted by molar-refractivity contribution is 5.96. The zero-order valence-corrected chi connectivity index (χ0v) is 17.3. The van der Waals surface area contributed by atoms with Crippen molar-refractivity contribution in [2.45, 2.75) is 53.0 Å². The third-order valence-electron chi connectivity index (χ3n) is 4.16. The molecular weight excluding hydrogens is 358 g/mol. The van der Waals surface area contributed by atoms with Crippen LogP contribution in [0.5, 0.6) is 0 Å². The van der Waals surface area contributed by atoms with Gasteiger partial charge in [0.05, 0.1) is 13.2 Å². The minimum Gasteiger partial charge on any atom is -0.381 e. The summed E-state index contributed by atoms with van der Waals surface area (Å²) in [5, 5.41) is 8.05. The van der Waals surface area contributed by atoms with E-state index in [1.54, 1.807) is 0 Å². The molecule has 1 unspecified atom stereocenters. The van der Waals surface area contributed by atoms with Crippen molar-refractivity contribution in [2.75, 3.05) is 25.1 Å². The van der Waals surface area contributed by atoms with Gasteiger partial charge in [0.1, 0.15) is 6.04 Å². The summed E-state index contributed by atoms with van der Waals surface area (Å²) in [5.41, 5.74) is 1.86. The monoisotopic (exact) mass is 391 g/mol. The zero-order chi connectivity index (χ0) is 20.9. The maximum absolute atomic E-state index is 12.4. The number of carbonyl (C=O) groups is 3. The van der Waals surface area contributed by atoms with Gasteiger partial charge in [-0.1, -0.05) is 39.8 Å². The van der Waals surface area contributed by atoms with Crippen LogP contribution in [-0.2, 0) is 25.5 Å². The van der Waals surface area contributed by atoms with Gasteiger partial charge in [-0.2, -0.15) is 0 Å². The van der Waals surface area contributed by atoms with Crippen LogP contribution >= 0.6 is 0 Å². The predicted molar refractivity (Wildman–Crippen MR) is 110 cm³/mol. The Morgan fingerprint density at radius 1 is 1.00 bits per heavy atom. The van der Waals surface area contributed by atoms with Crippen molar-refractivity contribution in [1.82, 2.24) is 10.6 Å². The van der Waals surface area contributed by atoms with Gasteiger partial charge in [-0.15, -0.1) is 0 Å². The second kappa shape index (κ2) is 12.9. The van der Waals surface area contributed by atoms with Crippen LogP contribution in [0.4, 0.5) is 5.69 Å². The van der Waals surface area contributed by atoms with Crippen LogP contribution in [0.1, 0.15) is 46.1 Å². The molecule has 156 valence electrons. The van der Waals surface area contributed by atoms with E-state index in [1.807, 2.05) is 45.0 Å². The summed E-state index contributed by atoms with van der Waals surface area (Å²) < 4.78 is 5.29. The first-order valence-electron chi connectivity index (χ1n) is 9.90. The van der Waals surface area contributed by atoms with Crippen LogP contribution in [0, 0.1) is 5.92 Å². The molecule has 0 aromatic heterocycles. The van der Waals surface area contributed by atoms with Crippen LogP contribution in [-0.4, -0.2) is 43.5 Å². The Labute approximate surface area is 167 Å². The number of anilines is 1. The van der Waals surface area contributed by atoms with Gasteiger partial charge in [-0.25, -0.2) is 0 Å². The Balaban J connectivity index is 2.45. The lowest BCUT2D eigenvalue weighted by molar-refractivity contribution is -0.131. The molecule has 0 bridgehead atoms. The van der Waals surface area contributed by atoms with Crippen molar-refractivity contribution in [3.63, 3.8) is 0 Å². The average Bonchev–Trinajstić information content (AvgIpc) is 2.68. The normalized spacial score (nSPS) is 11.8. The molecule has 0 spiro atoms. The number of nitrogens with one attached hydrogen (secondary N) is 3. The van der Waals surface area contributed by atoms with E-state index in [0.717, 1.165) is 12.8 Å². The summed E-state index contributed by atoms with van der Waals surface area (Å²) in [6.07, 6.45) is 2.02. The molecule has 0 heterocycles. The number of ether oxygens (including phenoxy) is 1. The Morgan fingerprint density at radius 2 is 1.68 bits per heavy atom. The number of aryl methyl sites for hydroxylation is 1. The molecule has 1 rings (SSSR count). The molecule has 0 aliphatic heterocycles. The average molecular weight is 392 g/mol. The van der Waals surface area contributed by atoms with Gasteiger partial charge in [0.2, 0.25) is 17.7 Å². The summed E-state index contributed by atoms with van der Waals surface area (Å²) in [6.45, 7) is 8.51. The Morgan fingerprint density at radius 3 is 2.25 bits per heavy atom. The Bertz CT molecular complexity index is 629. The van der Waals surface area contributed by atoms with E-state index in [1.165, 1.54) is 5.56 Å². The summed E-state index contributed by atoms with van der Waals surface area (Å²) in [7, 11) is 0. The van der Waals surface area contributed by atoms with Gasteiger partial charge in [0.15, 0.2) is 0 Å². The molecule has 0 saturated carbocycles. The van der Waals surface area contributed by atoms with E-state index in [0.29, 0.717) is 18.9 Å². The summed E-state index contributed by atoms with van der Waals surface area (Å²) in [6, 6.07) is 6.85. The van der Waals surface area contributed by atoms with Crippen molar-refractivity contribution in [3.8, 4) is 0 Å². The first kappa shape index (κ1) is 23.6. The maximum atomic E-state index is 12.4. The Kier molecular flexibility index (Phi) is 10.9. The third kappa shape index (κ3) is 8.99. The molecule has 3 N–H and O–H groups in total. The molecule has 7 nitrogen and oxygen atoms in total. The fourth-order valence-electron chi connectivity index (χ4n) is 2.50. The van der Waals surface area contributed by atoms with E-state index in [2.05, 4.69) is 22.9 Å². The second-order valence-corrected chi connectivity index (χ2v) is 6.97. The Hall–Kier alpha value is -2.41. The maximum Gasteiger partial charge on any atom is 0.243 e. The molecule has 1 aromatic carbocycles. The van der Waals surface area contributed by atoms with E-state index >= 15 is 0 Å². The molecule has 1 aromatic rings. The fraction of sp³-hybridized carbons (Fsp3) is 0.571. The van der Waals surface area contributed by atoms with Gasteiger partial charge in [0, 0.05) is 18.7 Å². The topological polar surface area (TPSA) is 96.5 Å². The quantitative estimate of drug-likeness (QED) is 0.476. The fourth-order valence-corrected chi connectivity index (χ4v) is 2.50. The van der Waals surface area contributed by atoms with Gasteiger partial charge >= 0.3 is 0 Å². The number of benzene rings is 1. The first-order chi connectivity index (χ1) is 13.4. The number of amides is 3. The highest BCUT2D eigenvalue weighted by atomic mass is 16.5. The van der Waals surface area contributed by atoms with E-state index in [9.17, 15) is 14.4 Å². The lowest BCUT2D eigenvalue weighted by atomic mass is 10.0. The van der Waals surface area contributed by atoms with Crippen LogP contribution in [0.15, 0.2) is 24.3 Å². The minimum absolute atomic E-state index is 0.106. The lowest BCUT2D eigenvalue weighted by Crippen LogP contribution is -2.51. The highest BCUT2D eigenvalue weighted by Gasteiger charge is 2.24. The van der Waals surface area contributed by atoms with E-state index in [4.69, 9.17) is 4.74 Å². The largest absolute Gasteiger partial charge is 0.381 e.